The van der Waals surface area contributed by atoms with Crippen molar-refractivity contribution in [1.29, 1.82) is 0 Å². The van der Waals surface area contributed by atoms with Gasteiger partial charge in [-0.2, -0.15) is 0 Å². The molecule has 2 amide bonds. The average molecular weight is 253 g/mol. The molecule has 1 saturated heterocycles. The summed E-state index contributed by atoms with van der Waals surface area (Å²) in [5.74, 6) is -0.245. The highest BCUT2D eigenvalue weighted by Crippen LogP contribution is 2.17. The minimum absolute atomic E-state index is 0.255. The molecule has 98 valence electrons. The summed E-state index contributed by atoms with van der Waals surface area (Å²) in [5.41, 5.74) is 0.313. The van der Waals surface area contributed by atoms with Crippen LogP contribution in [0.1, 0.15) is 13.3 Å². The van der Waals surface area contributed by atoms with Crippen molar-refractivity contribution >= 4 is 11.7 Å². The summed E-state index contributed by atoms with van der Waals surface area (Å²) in [4.78, 5) is 17.1. The van der Waals surface area contributed by atoms with Gasteiger partial charge in [0.25, 0.3) is 0 Å². The molecule has 5 nitrogen and oxygen atoms in total. The number of carbonyl (C=O) groups excluding carboxylic acids is 1. The number of urea groups is 1. The first-order valence-corrected chi connectivity index (χ1v) is 5.89. The molecule has 18 heavy (non-hydrogen) atoms. The predicted molar refractivity (Wildman–Crippen MR) is 64.6 cm³/mol. The molecule has 2 N–H and O–H groups in total. The monoisotopic (exact) mass is 253 g/mol. The van der Waals surface area contributed by atoms with Gasteiger partial charge in [0.2, 0.25) is 0 Å². The van der Waals surface area contributed by atoms with E-state index in [0.717, 1.165) is 6.20 Å². The molecule has 0 saturated carbocycles. The molecule has 1 aliphatic rings. The summed E-state index contributed by atoms with van der Waals surface area (Å²) in [5, 5.41) is 12.2. The van der Waals surface area contributed by atoms with Crippen LogP contribution in [0.4, 0.5) is 14.9 Å². The van der Waals surface area contributed by atoms with Crippen LogP contribution in [0.25, 0.3) is 0 Å². The second kappa shape index (κ2) is 5.30. The van der Waals surface area contributed by atoms with Gasteiger partial charge in [-0.15, -0.1) is 0 Å². The molecular weight excluding hydrogens is 237 g/mol. The number of halogens is 1. The van der Waals surface area contributed by atoms with Gasteiger partial charge < -0.3 is 15.3 Å². The fraction of sp³-hybridized carbons (Fsp3) is 0.500. The zero-order valence-corrected chi connectivity index (χ0v) is 10.1. The van der Waals surface area contributed by atoms with Crippen LogP contribution in [-0.2, 0) is 0 Å². The number of amides is 2. The molecule has 1 aromatic heterocycles. The molecule has 0 radical (unpaired) electrons. The van der Waals surface area contributed by atoms with Gasteiger partial charge in [0.15, 0.2) is 0 Å². The van der Waals surface area contributed by atoms with E-state index in [1.807, 2.05) is 6.92 Å². The number of rotatable bonds is 1. The van der Waals surface area contributed by atoms with Crippen LogP contribution >= 0.6 is 0 Å². The number of nitrogens with zero attached hydrogens (tertiary/aromatic N) is 2. The molecule has 1 aliphatic heterocycles. The lowest BCUT2D eigenvalue weighted by Gasteiger charge is -2.34. The van der Waals surface area contributed by atoms with Gasteiger partial charge >= 0.3 is 6.03 Å². The smallest absolute Gasteiger partial charge is 0.321 e. The maximum absolute atomic E-state index is 12.9. The molecule has 0 aromatic carbocycles. The number of anilines is 1. The van der Waals surface area contributed by atoms with Crippen molar-refractivity contribution in [2.45, 2.75) is 19.4 Å². The van der Waals surface area contributed by atoms with Gasteiger partial charge in [0.1, 0.15) is 5.82 Å². The van der Waals surface area contributed by atoms with Gasteiger partial charge in [-0.1, -0.05) is 6.92 Å². The molecular formula is C12H16FN3O2. The Morgan fingerprint density at radius 1 is 1.56 bits per heavy atom. The number of aliphatic hydroxyl groups is 1. The first-order valence-electron chi connectivity index (χ1n) is 5.89. The predicted octanol–water partition coefficient (Wildman–Crippen LogP) is 1.46. The molecule has 6 heteroatoms. The summed E-state index contributed by atoms with van der Waals surface area (Å²) in [6, 6.07) is 0.863. The van der Waals surface area contributed by atoms with Crippen molar-refractivity contribution in [3.8, 4) is 0 Å². The topological polar surface area (TPSA) is 65.5 Å². The van der Waals surface area contributed by atoms with Gasteiger partial charge in [0.05, 0.1) is 24.2 Å². The van der Waals surface area contributed by atoms with Crippen LogP contribution in [0.2, 0.25) is 0 Å². The summed E-state index contributed by atoms with van der Waals surface area (Å²) < 4.78 is 12.9. The maximum atomic E-state index is 12.9. The zero-order chi connectivity index (χ0) is 13.1. The first kappa shape index (κ1) is 12.8. The second-order valence-corrected chi connectivity index (χ2v) is 4.72. The fourth-order valence-corrected chi connectivity index (χ4v) is 2.17. The molecule has 0 bridgehead atoms. The summed E-state index contributed by atoms with van der Waals surface area (Å²) in [6.45, 7) is 2.87. The Morgan fingerprint density at radius 3 is 3.00 bits per heavy atom. The van der Waals surface area contributed by atoms with E-state index >= 15 is 0 Å². The summed E-state index contributed by atoms with van der Waals surface area (Å²) >= 11 is 0. The van der Waals surface area contributed by atoms with E-state index in [1.54, 1.807) is 0 Å². The van der Waals surface area contributed by atoms with Gasteiger partial charge in [-0.3, -0.25) is 4.98 Å². The molecule has 0 unspecified atom stereocenters. The minimum Gasteiger partial charge on any atom is -0.391 e. The zero-order valence-electron chi connectivity index (χ0n) is 10.1. The number of aromatic nitrogens is 1. The van der Waals surface area contributed by atoms with Gasteiger partial charge in [-0.05, 0) is 12.3 Å². The number of carbonyl (C=O) groups is 1. The van der Waals surface area contributed by atoms with E-state index in [4.69, 9.17) is 0 Å². The van der Waals surface area contributed by atoms with E-state index in [1.165, 1.54) is 17.2 Å². The lowest BCUT2D eigenvalue weighted by Crippen LogP contribution is -2.47. The Bertz CT molecular complexity index is 431. The first-order chi connectivity index (χ1) is 8.54. The summed E-state index contributed by atoms with van der Waals surface area (Å²) in [6.07, 6.45) is 2.66. The molecule has 1 aromatic rings. The number of hydrogen-bond donors (Lipinski definition) is 2. The molecule has 2 atom stereocenters. The number of pyridine rings is 1. The van der Waals surface area contributed by atoms with Crippen LogP contribution in [-0.4, -0.2) is 40.2 Å². The molecule has 2 rings (SSSR count). The van der Waals surface area contributed by atoms with Crippen molar-refractivity contribution in [1.82, 2.24) is 9.88 Å². The third-order valence-electron chi connectivity index (χ3n) is 2.88. The van der Waals surface area contributed by atoms with Crippen LogP contribution in [0.5, 0.6) is 0 Å². The number of aliphatic hydroxyl groups excluding tert-OH is 1. The Labute approximate surface area is 105 Å². The largest absolute Gasteiger partial charge is 0.391 e. The van der Waals surface area contributed by atoms with Crippen LogP contribution in [0.3, 0.4) is 0 Å². The molecule has 0 aliphatic carbocycles. The van der Waals surface area contributed by atoms with Crippen molar-refractivity contribution < 1.29 is 14.3 Å². The molecule has 1 fully saturated rings. The van der Waals surface area contributed by atoms with Crippen molar-refractivity contribution in [3.05, 3.63) is 24.3 Å². The second-order valence-electron chi connectivity index (χ2n) is 4.72. The third kappa shape index (κ3) is 3.16. The van der Waals surface area contributed by atoms with Gasteiger partial charge in [-0.25, -0.2) is 9.18 Å². The van der Waals surface area contributed by atoms with E-state index in [2.05, 4.69) is 10.3 Å². The lowest BCUT2D eigenvalue weighted by atomic mass is 9.98. The number of β-amino-alcohol motifs (C(OH)–C–C–N with tert-alkyl or cyclic N) is 1. The highest BCUT2D eigenvalue weighted by molar-refractivity contribution is 5.89. The standard InChI is InChI=1S/C12H16FN3O2/c1-8-2-11(17)7-16(6-8)12(18)15-10-3-9(13)4-14-5-10/h3-5,8,11,17H,2,6-7H2,1H3,(H,15,18)/t8-,11+/m1/s1. The third-order valence-corrected chi connectivity index (χ3v) is 2.88. The highest BCUT2D eigenvalue weighted by atomic mass is 19.1. The maximum Gasteiger partial charge on any atom is 0.321 e. The lowest BCUT2D eigenvalue weighted by molar-refractivity contribution is 0.0640. The normalized spacial score (nSPS) is 23.8. The summed E-state index contributed by atoms with van der Waals surface area (Å²) in [7, 11) is 0. The van der Waals surface area contributed by atoms with Crippen LogP contribution in [0, 0.1) is 11.7 Å². The van der Waals surface area contributed by atoms with Crippen LogP contribution < -0.4 is 5.32 Å². The highest BCUT2D eigenvalue weighted by Gasteiger charge is 2.26. The Kier molecular flexibility index (Phi) is 3.76. The molecule has 0 spiro atoms. The SMILES string of the molecule is C[C@@H]1C[C@H](O)CN(C(=O)Nc2cncc(F)c2)C1. The van der Waals surface area contributed by atoms with Crippen molar-refractivity contribution in [2.24, 2.45) is 5.92 Å². The average Bonchev–Trinajstić information content (AvgIpc) is 2.27. The van der Waals surface area contributed by atoms with E-state index < -0.39 is 11.9 Å². The van der Waals surface area contributed by atoms with Crippen LogP contribution in [0.15, 0.2) is 18.5 Å². The number of nitrogens with one attached hydrogen (secondary N) is 1. The van der Waals surface area contributed by atoms with Crippen molar-refractivity contribution in [3.63, 3.8) is 0 Å². The number of likely N-dealkylation sites (tertiary alicyclic amines) is 1. The van der Waals surface area contributed by atoms with E-state index in [-0.39, 0.29) is 11.9 Å². The van der Waals surface area contributed by atoms with E-state index in [9.17, 15) is 14.3 Å². The van der Waals surface area contributed by atoms with Crippen molar-refractivity contribution in [2.75, 3.05) is 18.4 Å². The Morgan fingerprint density at radius 2 is 2.33 bits per heavy atom. The Hall–Kier alpha value is -1.69. The number of piperidine rings is 1. The number of hydrogen-bond acceptors (Lipinski definition) is 3. The molecule has 2 heterocycles. The Balaban J connectivity index is 1.99. The minimum atomic E-state index is -0.500. The quantitative estimate of drug-likeness (QED) is 0.796. The van der Waals surface area contributed by atoms with Gasteiger partial charge in [0, 0.05) is 19.2 Å². The van der Waals surface area contributed by atoms with E-state index in [0.29, 0.717) is 25.2 Å². The fourth-order valence-electron chi connectivity index (χ4n) is 2.17.